The minimum Gasteiger partial charge on any atom is -0.507 e. The molecule has 0 radical (unpaired) electrons. The van der Waals surface area contributed by atoms with Crippen molar-refractivity contribution in [3.05, 3.63) is 92.9 Å². The number of hydrogen-bond acceptors (Lipinski definition) is 5. The van der Waals surface area contributed by atoms with Crippen LogP contribution in [0.5, 0.6) is 11.5 Å². The van der Waals surface area contributed by atoms with Crippen molar-refractivity contribution in [3.8, 4) is 11.5 Å². The van der Waals surface area contributed by atoms with Gasteiger partial charge in [0.25, 0.3) is 0 Å². The van der Waals surface area contributed by atoms with E-state index in [2.05, 4.69) is 31.9 Å². The molecule has 1 N–H and O–H groups in total. The number of piperidine rings is 1. The Hall–Kier alpha value is -2.96. The number of fused-ring (bicyclic) bond motifs is 1. The highest BCUT2D eigenvalue weighted by Crippen LogP contribution is 2.44. The number of phenolic OH excluding ortho intramolecular Hbond substituents is 1. The first-order valence-corrected chi connectivity index (χ1v) is 12.0. The van der Waals surface area contributed by atoms with Gasteiger partial charge < -0.3 is 9.84 Å². The number of carbonyl (C=O) groups excluding carboxylic acids is 1. The standard InChI is InChI=1S/C27H25BrN2O3/c1-17-13-23(31)20(16-30-12-5-4-10-22(30)19-8-6-11-29-15-19)27-25(17)26(32)24(33-27)14-18-7-2-3-9-21(18)28/h2-3,6-9,11,13-15,22,31H,4-5,10,12,16H2,1H3/b24-14-/t22-/m0/s1. The molecule has 1 saturated heterocycles. The number of carbonyl (C=O) groups is 1. The zero-order valence-corrected chi connectivity index (χ0v) is 20.0. The first-order chi connectivity index (χ1) is 16.0. The normalized spacial score (nSPS) is 19.5. The highest BCUT2D eigenvalue weighted by Gasteiger charge is 2.35. The Balaban J connectivity index is 1.51. The Morgan fingerprint density at radius 1 is 1.24 bits per heavy atom. The number of likely N-dealkylation sites (tertiary alicyclic amines) is 1. The molecule has 2 aliphatic rings. The summed E-state index contributed by atoms with van der Waals surface area (Å²) >= 11 is 3.53. The maximum Gasteiger partial charge on any atom is 0.232 e. The van der Waals surface area contributed by atoms with Gasteiger partial charge in [-0.05, 0) is 67.3 Å². The number of pyridine rings is 1. The van der Waals surface area contributed by atoms with Crippen molar-refractivity contribution in [3.63, 3.8) is 0 Å². The average molecular weight is 505 g/mol. The summed E-state index contributed by atoms with van der Waals surface area (Å²) in [5.74, 6) is 0.763. The molecule has 0 aliphatic carbocycles. The van der Waals surface area contributed by atoms with E-state index in [1.165, 1.54) is 5.56 Å². The zero-order chi connectivity index (χ0) is 22.9. The molecule has 0 spiro atoms. The molecule has 168 valence electrons. The predicted octanol–water partition coefficient (Wildman–Crippen LogP) is 6.20. The molecule has 2 aromatic carbocycles. The second kappa shape index (κ2) is 9.12. The van der Waals surface area contributed by atoms with Gasteiger partial charge in [-0.15, -0.1) is 0 Å². The molecule has 1 atom stereocenters. The van der Waals surface area contributed by atoms with Gasteiger partial charge in [0, 0.05) is 29.5 Å². The van der Waals surface area contributed by atoms with E-state index in [0.717, 1.165) is 35.8 Å². The number of aromatic hydroxyl groups is 1. The molecular formula is C27H25BrN2O3. The number of nitrogens with zero attached hydrogens (tertiary/aromatic N) is 2. The van der Waals surface area contributed by atoms with E-state index >= 15 is 0 Å². The van der Waals surface area contributed by atoms with E-state index in [4.69, 9.17) is 4.74 Å². The Morgan fingerprint density at radius 3 is 2.88 bits per heavy atom. The average Bonchev–Trinajstić information content (AvgIpc) is 3.15. The van der Waals surface area contributed by atoms with Crippen molar-refractivity contribution < 1.29 is 14.6 Å². The fraction of sp³-hybridized carbons (Fsp3) is 0.259. The SMILES string of the molecule is Cc1cc(O)c(CN2CCCC[C@H]2c2cccnc2)c2c1C(=O)/C(=C/c1ccccc1Br)O2. The van der Waals surface area contributed by atoms with Crippen LogP contribution in [-0.4, -0.2) is 27.3 Å². The maximum atomic E-state index is 13.3. The van der Waals surface area contributed by atoms with Crippen molar-refractivity contribution in [2.75, 3.05) is 6.54 Å². The largest absolute Gasteiger partial charge is 0.507 e. The summed E-state index contributed by atoms with van der Waals surface area (Å²) in [6, 6.07) is 13.7. The number of ether oxygens (including phenoxy) is 1. The van der Waals surface area contributed by atoms with Crippen LogP contribution in [0.15, 0.2) is 65.1 Å². The van der Waals surface area contributed by atoms with Crippen molar-refractivity contribution in [2.45, 2.75) is 38.8 Å². The third kappa shape index (κ3) is 4.21. The molecule has 6 heteroatoms. The van der Waals surface area contributed by atoms with Crippen LogP contribution in [0.1, 0.15) is 57.9 Å². The van der Waals surface area contributed by atoms with E-state index in [1.54, 1.807) is 18.3 Å². The first kappa shape index (κ1) is 21.9. The number of benzene rings is 2. The Kier molecular flexibility index (Phi) is 6.04. The molecule has 0 bridgehead atoms. The molecule has 3 heterocycles. The molecule has 5 nitrogen and oxygen atoms in total. The maximum absolute atomic E-state index is 13.3. The quantitative estimate of drug-likeness (QED) is 0.428. The highest BCUT2D eigenvalue weighted by atomic mass is 79.9. The van der Waals surface area contributed by atoms with Gasteiger partial charge in [-0.3, -0.25) is 14.7 Å². The van der Waals surface area contributed by atoms with Crippen LogP contribution in [-0.2, 0) is 6.54 Å². The third-order valence-corrected chi connectivity index (χ3v) is 7.18. The van der Waals surface area contributed by atoms with Crippen LogP contribution in [0.2, 0.25) is 0 Å². The summed E-state index contributed by atoms with van der Waals surface area (Å²) in [6.45, 7) is 3.25. The van der Waals surface area contributed by atoms with Gasteiger partial charge in [0.15, 0.2) is 5.76 Å². The van der Waals surface area contributed by atoms with Crippen LogP contribution < -0.4 is 4.74 Å². The van der Waals surface area contributed by atoms with E-state index < -0.39 is 0 Å². The van der Waals surface area contributed by atoms with Crippen molar-refractivity contribution in [1.82, 2.24) is 9.88 Å². The van der Waals surface area contributed by atoms with E-state index in [1.807, 2.05) is 43.5 Å². The summed E-state index contributed by atoms with van der Waals surface area (Å²) < 4.78 is 7.03. The smallest absolute Gasteiger partial charge is 0.232 e. The van der Waals surface area contributed by atoms with E-state index in [9.17, 15) is 9.90 Å². The Morgan fingerprint density at radius 2 is 2.09 bits per heavy atom. The van der Waals surface area contributed by atoms with Crippen LogP contribution in [0.3, 0.4) is 0 Å². The number of allylic oxidation sites excluding steroid dienone is 1. The second-order valence-corrected chi connectivity index (χ2v) is 9.48. The number of aryl methyl sites for hydroxylation is 1. The van der Waals surface area contributed by atoms with Gasteiger partial charge in [0.2, 0.25) is 5.78 Å². The van der Waals surface area contributed by atoms with Gasteiger partial charge in [0.1, 0.15) is 11.5 Å². The third-order valence-electron chi connectivity index (χ3n) is 6.46. The minimum atomic E-state index is -0.151. The fourth-order valence-corrected chi connectivity index (χ4v) is 5.20. The van der Waals surface area contributed by atoms with Crippen molar-refractivity contribution >= 4 is 27.8 Å². The summed E-state index contributed by atoms with van der Waals surface area (Å²) in [5, 5.41) is 10.9. The Bertz CT molecular complexity index is 1240. The zero-order valence-electron chi connectivity index (χ0n) is 18.4. The van der Waals surface area contributed by atoms with Crippen molar-refractivity contribution in [1.29, 1.82) is 0 Å². The van der Waals surface area contributed by atoms with Crippen molar-refractivity contribution in [2.24, 2.45) is 0 Å². The molecule has 0 amide bonds. The Labute approximate surface area is 201 Å². The monoisotopic (exact) mass is 504 g/mol. The molecule has 0 unspecified atom stereocenters. The number of halogens is 1. The van der Waals surface area contributed by atoms with Gasteiger partial charge >= 0.3 is 0 Å². The predicted molar refractivity (Wildman–Crippen MR) is 131 cm³/mol. The number of rotatable bonds is 4. The topological polar surface area (TPSA) is 62.7 Å². The summed E-state index contributed by atoms with van der Waals surface area (Å²) in [5.41, 5.74) is 3.96. The minimum absolute atomic E-state index is 0.151. The van der Waals surface area contributed by atoms with Crippen LogP contribution in [0.25, 0.3) is 6.08 Å². The molecule has 2 aliphatic heterocycles. The number of phenols is 1. The first-order valence-electron chi connectivity index (χ1n) is 11.2. The highest BCUT2D eigenvalue weighted by molar-refractivity contribution is 9.10. The number of hydrogen-bond donors (Lipinski definition) is 1. The summed E-state index contributed by atoms with van der Waals surface area (Å²) in [6.07, 6.45) is 8.74. The van der Waals surface area contributed by atoms with Crippen LogP contribution in [0, 0.1) is 6.92 Å². The molecular weight excluding hydrogens is 480 g/mol. The summed E-state index contributed by atoms with van der Waals surface area (Å²) in [4.78, 5) is 19.9. The second-order valence-electron chi connectivity index (χ2n) is 8.62. The van der Waals surface area contributed by atoms with Crippen LogP contribution >= 0.6 is 15.9 Å². The lowest BCUT2D eigenvalue weighted by molar-refractivity contribution is 0.101. The van der Waals surface area contributed by atoms with E-state index in [0.29, 0.717) is 29.0 Å². The molecule has 0 saturated carbocycles. The molecule has 1 fully saturated rings. The number of ketones is 1. The molecule has 3 aromatic rings. The summed E-state index contributed by atoms with van der Waals surface area (Å²) in [7, 11) is 0. The molecule has 33 heavy (non-hydrogen) atoms. The number of aromatic nitrogens is 1. The van der Waals surface area contributed by atoms with E-state index in [-0.39, 0.29) is 23.3 Å². The number of Topliss-reactive ketones (excluding diaryl/α,β-unsaturated/α-hetero) is 1. The van der Waals surface area contributed by atoms with Gasteiger partial charge in [-0.25, -0.2) is 0 Å². The lowest BCUT2D eigenvalue weighted by Crippen LogP contribution is -2.33. The lowest BCUT2D eigenvalue weighted by Gasteiger charge is -2.36. The molecule has 5 rings (SSSR count). The van der Waals surface area contributed by atoms with Gasteiger partial charge in [-0.1, -0.05) is 46.6 Å². The molecule has 1 aromatic heterocycles. The lowest BCUT2D eigenvalue weighted by atomic mass is 9.94. The van der Waals surface area contributed by atoms with Gasteiger partial charge in [0.05, 0.1) is 11.1 Å². The van der Waals surface area contributed by atoms with Crippen LogP contribution in [0.4, 0.5) is 0 Å². The fourth-order valence-electron chi connectivity index (χ4n) is 4.80. The van der Waals surface area contributed by atoms with Gasteiger partial charge in [-0.2, -0.15) is 0 Å².